The van der Waals surface area contributed by atoms with E-state index >= 15 is 0 Å². The van der Waals surface area contributed by atoms with Crippen LogP contribution in [0.15, 0.2) is 42.5 Å². The maximum Gasteiger partial charge on any atom is 0.407 e. The van der Waals surface area contributed by atoms with Gasteiger partial charge in [0.1, 0.15) is 0 Å². The van der Waals surface area contributed by atoms with E-state index in [9.17, 15) is 9.59 Å². The predicted octanol–water partition coefficient (Wildman–Crippen LogP) is 3.32. The number of hydrogen-bond donors (Lipinski definition) is 1. The maximum atomic E-state index is 12.8. The average Bonchev–Trinajstić information content (AvgIpc) is 3.04. The Bertz CT molecular complexity index is 938. The topological polar surface area (TPSA) is 84.6 Å². The summed E-state index contributed by atoms with van der Waals surface area (Å²) in [4.78, 5) is 27.2. The molecule has 6 nitrogen and oxygen atoms in total. The summed E-state index contributed by atoms with van der Waals surface area (Å²) in [6.07, 6.45) is 0.458. The first kappa shape index (κ1) is 17.1. The fourth-order valence-electron chi connectivity index (χ4n) is 3.92. The molecule has 2 aromatic carbocycles. The van der Waals surface area contributed by atoms with Crippen LogP contribution in [-0.2, 0) is 6.54 Å². The van der Waals surface area contributed by atoms with Crippen LogP contribution < -0.4 is 0 Å². The normalized spacial score (nSPS) is 16.9. The zero-order chi connectivity index (χ0) is 19.0. The first-order valence-electron chi connectivity index (χ1n) is 8.99. The van der Waals surface area contributed by atoms with E-state index in [0.29, 0.717) is 38.0 Å². The molecule has 0 radical (unpaired) electrons. The zero-order valence-electron chi connectivity index (χ0n) is 14.8. The summed E-state index contributed by atoms with van der Waals surface area (Å²) in [6, 6.07) is 15.5. The fraction of sp³-hybridized carbons (Fsp3) is 0.286. The van der Waals surface area contributed by atoms with Crippen LogP contribution in [0.4, 0.5) is 4.79 Å². The number of carbonyl (C=O) groups excluding carboxylic acids is 1. The molecule has 2 aliphatic rings. The first-order valence-corrected chi connectivity index (χ1v) is 8.99. The number of nitriles is 1. The van der Waals surface area contributed by atoms with Crippen LogP contribution >= 0.6 is 0 Å². The van der Waals surface area contributed by atoms with Gasteiger partial charge in [0.25, 0.3) is 5.91 Å². The van der Waals surface area contributed by atoms with Crippen LogP contribution in [-0.4, -0.2) is 46.0 Å². The van der Waals surface area contributed by atoms with E-state index in [2.05, 4.69) is 6.07 Å². The van der Waals surface area contributed by atoms with Gasteiger partial charge >= 0.3 is 6.09 Å². The zero-order valence-corrected chi connectivity index (χ0v) is 14.8. The molecule has 0 spiro atoms. The van der Waals surface area contributed by atoms with Crippen molar-refractivity contribution in [1.82, 2.24) is 9.80 Å². The Balaban J connectivity index is 1.52. The maximum absolute atomic E-state index is 12.8. The highest BCUT2D eigenvalue weighted by Gasteiger charge is 2.35. The monoisotopic (exact) mass is 361 g/mol. The molecule has 1 fully saturated rings. The number of benzene rings is 2. The Morgan fingerprint density at radius 3 is 2.37 bits per heavy atom. The van der Waals surface area contributed by atoms with Crippen molar-refractivity contribution >= 4 is 12.0 Å². The summed E-state index contributed by atoms with van der Waals surface area (Å²) < 4.78 is 0. The molecule has 0 unspecified atom stereocenters. The standard InChI is InChI=1S/C21H19N3O3/c22-12-14-1-3-15(4-2-14)16-5-6-19-17(11-16)13-24(20(19)25)18-7-9-23(10-8-18)21(26)27/h1-6,11,18H,7-10,13H2,(H,26,27). The molecule has 136 valence electrons. The van der Waals surface area contributed by atoms with Crippen LogP contribution in [0.25, 0.3) is 11.1 Å². The van der Waals surface area contributed by atoms with Crippen LogP contribution in [0, 0.1) is 11.3 Å². The lowest BCUT2D eigenvalue weighted by atomic mass is 10.00. The number of hydrogen-bond acceptors (Lipinski definition) is 3. The number of nitrogens with zero attached hydrogens (tertiary/aromatic N) is 3. The Labute approximate surface area is 157 Å². The van der Waals surface area contributed by atoms with Gasteiger partial charge in [-0.15, -0.1) is 0 Å². The van der Waals surface area contributed by atoms with E-state index in [0.717, 1.165) is 22.3 Å². The fourth-order valence-corrected chi connectivity index (χ4v) is 3.92. The van der Waals surface area contributed by atoms with E-state index in [-0.39, 0.29) is 11.9 Å². The molecular formula is C21H19N3O3. The molecule has 0 bridgehead atoms. The van der Waals surface area contributed by atoms with Gasteiger partial charge in [0.2, 0.25) is 0 Å². The van der Waals surface area contributed by atoms with Crippen molar-refractivity contribution in [2.45, 2.75) is 25.4 Å². The molecule has 0 aliphatic carbocycles. The van der Waals surface area contributed by atoms with Gasteiger partial charge in [0.15, 0.2) is 0 Å². The van der Waals surface area contributed by atoms with Crippen molar-refractivity contribution in [3.05, 3.63) is 59.2 Å². The second-order valence-electron chi connectivity index (χ2n) is 6.99. The van der Waals surface area contributed by atoms with Gasteiger partial charge in [-0.1, -0.05) is 18.2 Å². The molecule has 27 heavy (non-hydrogen) atoms. The van der Waals surface area contributed by atoms with Gasteiger partial charge in [-0.25, -0.2) is 4.79 Å². The lowest BCUT2D eigenvalue weighted by molar-refractivity contribution is 0.0597. The van der Waals surface area contributed by atoms with Gasteiger partial charge in [0, 0.05) is 31.2 Å². The third-order valence-corrected chi connectivity index (χ3v) is 5.46. The number of carbonyl (C=O) groups is 2. The summed E-state index contributed by atoms with van der Waals surface area (Å²) in [7, 11) is 0. The molecule has 2 aliphatic heterocycles. The van der Waals surface area contributed by atoms with Gasteiger partial charge in [0.05, 0.1) is 11.6 Å². The summed E-state index contributed by atoms with van der Waals surface area (Å²) in [5.41, 5.74) is 4.38. The van der Waals surface area contributed by atoms with Crippen LogP contribution in [0.2, 0.25) is 0 Å². The second kappa shape index (κ2) is 6.76. The van der Waals surface area contributed by atoms with Crippen molar-refractivity contribution in [3.63, 3.8) is 0 Å². The number of piperidine rings is 1. The molecule has 0 aromatic heterocycles. The second-order valence-corrected chi connectivity index (χ2v) is 6.99. The van der Waals surface area contributed by atoms with E-state index in [1.54, 1.807) is 12.1 Å². The smallest absolute Gasteiger partial charge is 0.407 e. The van der Waals surface area contributed by atoms with Gasteiger partial charge in [-0.2, -0.15) is 5.26 Å². The van der Waals surface area contributed by atoms with Gasteiger partial charge in [-0.05, 0) is 53.8 Å². The van der Waals surface area contributed by atoms with E-state index < -0.39 is 6.09 Å². The third-order valence-electron chi connectivity index (χ3n) is 5.46. The Hall–Kier alpha value is -3.33. The van der Waals surface area contributed by atoms with Crippen LogP contribution in [0.1, 0.15) is 34.3 Å². The minimum absolute atomic E-state index is 0.0325. The summed E-state index contributed by atoms with van der Waals surface area (Å²) >= 11 is 0. The van der Waals surface area contributed by atoms with Crippen molar-refractivity contribution in [2.24, 2.45) is 0 Å². The first-order chi connectivity index (χ1) is 13.1. The van der Waals surface area contributed by atoms with Crippen LogP contribution in [0.5, 0.6) is 0 Å². The van der Waals surface area contributed by atoms with Gasteiger partial charge in [-0.3, -0.25) is 4.79 Å². The minimum Gasteiger partial charge on any atom is -0.465 e. The Kier molecular flexibility index (Phi) is 4.28. The highest BCUT2D eigenvalue weighted by molar-refractivity contribution is 5.99. The average molecular weight is 361 g/mol. The number of carboxylic acid groups (broad SMARTS) is 1. The van der Waals surface area contributed by atoms with E-state index in [1.807, 2.05) is 35.2 Å². The minimum atomic E-state index is -0.892. The lowest BCUT2D eigenvalue weighted by Crippen LogP contribution is -2.46. The molecule has 2 amide bonds. The summed E-state index contributed by atoms with van der Waals surface area (Å²) in [5, 5.41) is 18.0. The molecule has 6 heteroatoms. The molecule has 1 saturated heterocycles. The predicted molar refractivity (Wildman–Crippen MR) is 99.1 cm³/mol. The van der Waals surface area contributed by atoms with Crippen LogP contribution in [0.3, 0.4) is 0 Å². The Morgan fingerprint density at radius 1 is 1.07 bits per heavy atom. The molecular weight excluding hydrogens is 342 g/mol. The largest absolute Gasteiger partial charge is 0.465 e. The van der Waals surface area contributed by atoms with Crippen molar-refractivity contribution in [3.8, 4) is 17.2 Å². The molecule has 2 aromatic rings. The van der Waals surface area contributed by atoms with E-state index in [1.165, 1.54) is 4.90 Å². The number of likely N-dealkylation sites (tertiary alicyclic amines) is 1. The van der Waals surface area contributed by atoms with Crippen molar-refractivity contribution in [2.75, 3.05) is 13.1 Å². The summed E-state index contributed by atoms with van der Waals surface area (Å²) in [6.45, 7) is 1.50. The summed E-state index contributed by atoms with van der Waals surface area (Å²) in [5.74, 6) is 0.0325. The molecule has 0 saturated carbocycles. The number of amides is 2. The Morgan fingerprint density at radius 2 is 1.74 bits per heavy atom. The third kappa shape index (κ3) is 3.13. The highest BCUT2D eigenvalue weighted by Crippen LogP contribution is 2.32. The number of fused-ring (bicyclic) bond motifs is 1. The molecule has 2 heterocycles. The van der Waals surface area contributed by atoms with Gasteiger partial charge < -0.3 is 14.9 Å². The van der Waals surface area contributed by atoms with Crippen molar-refractivity contribution in [1.29, 1.82) is 5.26 Å². The lowest BCUT2D eigenvalue weighted by Gasteiger charge is -2.35. The molecule has 4 rings (SSSR count). The molecule has 1 N–H and O–H groups in total. The SMILES string of the molecule is N#Cc1ccc(-c2ccc3c(c2)CN(C2CCN(C(=O)O)CC2)C3=O)cc1. The quantitative estimate of drug-likeness (QED) is 0.889. The highest BCUT2D eigenvalue weighted by atomic mass is 16.4. The van der Waals surface area contributed by atoms with E-state index in [4.69, 9.17) is 10.4 Å². The molecule has 0 atom stereocenters. The number of rotatable bonds is 2. The van der Waals surface area contributed by atoms with Crippen molar-refractivity contribution < 1.29 is 14.7 Å².